The van der Waals surface area contributed by atoms with E-state index in [1.165, 1.54) is 11.3 Å². The number of imidazole rings is 1. The number of aromatic nitrogens is 2. The Morgan fingerprint density at radius 3 is 2.50 bits per heavy atom. The Bertz CT molecular complexity index is 1050. The Kier molecular flexibility index (Phi) is 5.33. The molecule has 3 aromatic rings. The van der Waals surface area contributed by atoms with Crippen molar-refractivity contribution in [1.29, 1.82) is 0 Å². The van der Waals surface area contributed by atoms with E-state index in [-0.39, 0.29) is 24.5 Å². The van der Waals surface area contributed by atoms with Crippen LogP contribution in [-0.4, -0.2) is 32.2 Å². The first-order chi connectivity index (χ1) is 13.2. The number of aliphatic carboxylic acids is 1. The predicted octanol–water partition coefficient (Wildman–Crippen LogP) is 3.76. The molecular weight excluding hydrogens is 378 g/mol. The highest BCUT2D eigenvalue weighted by Crippen LogP contribution is 2.26. The fourth-order valence-electron chi connectivity index (χ4n) is 3.12. The van der Waals surface area contributed by atoms with Gasteiger partial charge in [-0.1, -0.05) is 13.8 Å². The summed E-state index contributed by atoms with van der Waals surface area (Å²) in [6.45, 7) is 5.28. The zero-order valence-electron chi connectivity index (χ0n) is 15.9. The van der Waals surface area contributed by atoms with Crippen LogP contribution in [0.15, 0.2) is 35.8 Å². The summed E-state index contributed by atoms with van der Waals surface area (Å²) in [5.74, 6) is -1.34. The number of hydrogen-bond donors (Lipinski definition) is 2. The third-order valence-corrected chi connectivity index (χ3v) is 5.11. The van der Waals surface area contributed by atoms with E-state index in [4.69, 9.17) is 5.11 Å². The van der Waals surface area contributed by atoms with E-state index in [0.717, 1.165) is 4.96 Å². The van der Waals surface area contributed by atoms with Gasteiger partial charge in [0, 0.05) is 29.2 Å². The summed E-state index contributed by atoms with van der Waals surface area (Å²) in [5, 5.41) is 13.5. The first-order valence-corrected chi connectivity index (χ1v) is 9.63. The smallest absolute Gasteiger partial charge is 0.303 e. The highest BCUT2D eigenvalue weighted by molar-refractivity contribution is 7.15. The molecule has 7 nitrogen and oxygen atoms in total. The van der Waals surface area contributed by atoms with Gasteiger partial charge in [-0.25, -0.2) is 4.98 Å². The van der Waals surface area contributed by atoms with E-state index in [9.17, 15) is 14.4 Å². The number of fused-ring (bicyclic) bond motifs is 1. The Morgan fingerprint density at radius 2 is 1.86 bits per heavy atom. The Hall–Kier alpha value is -3.00. The van der Waals surface area contributed by atoms with Crippen LogP contribution in [0.25, 0.3) is 4.96 Å². The lowest BCUT2D eigenvalue weighted by atomic mass is 9.85. The van der Waals surface area contributed by atoms with Crippen molar-refractivity contribution in [3.63, 3.8) is 0 Å². The van der Waals surface area contributed by atoms with E-state index in [2.05, 4.69) is 10.3 Å². The summed E-state index contributed by atoms with van der Waals surface area (Å²) in [4.78, 5) is 41.1. The molecule has 0 fully saturated rings. The molecule has 28 heavy (non-hydrogen) atoms. The van der Waals surface area contributed by atoms with Gasteiger partial charge in [-0.15, -0.1) is 11.3 Å². The van der Waals surface area contributed by atoms with Gasteiger partial charge in [0.15, 0.2) is 4.96 Å². The van der Waals surface area contributed by atoms with Crippen LogP contribution in [0.1, 0.15) is 48.4 Å². The van der Waals surface area contributed by atoms with Gasteiger partial charge in [0.2, 0.25) is 11.7 Å². The lowest BCUT2D eigenvalue weighted by Crippen LogP contribution is -2.24. The van der Waals surface area contributed by atoms with Crippen molar-refractivity contribution in [2.75, 3.05) is 5.32 Å². The first kappa shape index (κ1) is 19.8. The number of nitrogens with zero attached hydrogens (tertiary/aromatic N) is 2. The van der Waals surface area contributed by atoms with Gasteiger partial charge in [0.25, 0.3) is 0 Å². The largest absolute Gasteiger partial charge is 0.481 e. The Morgan fingerprint density at radius 1 is 1.18 bits per heavy atom. The Balaban J connectivity index is 1.70. The molecule has 0 saturated heterocycles. The molecule has 0 atom stereocenters. The fourth-order valence-corrected chi connectivity index (χ4v) is 3.88. The van der Waals surface area contributed by atoms with Crippen LogP contribution in [0.4, 0.5) is 5.69 Å². The predicted molar refractivity (Wildman–Crippen MR) is 107 cm³/mol. The molecule has 0 aliphatic heterocycles. The van der Waals surface area contributed by atoms with Crippen molar-refractivity contribution in [3.8, 4) is 0 Å². The monoisotopic (exact) mass is 399 g/mol. The second-order valence-corrected chi connectivity index (χ2v) is 8.34. The van der Waals surface area contributed by atoms with Crippen molar-refractivity contribution in [1.82, 2.24) is 9.38 Å². The number of aryl methyl sites for hydroxylation is 1. The molecule has 0 radical (unpaired) electrons. The number of amides is 1. The summed E-state index contributed by atoms with van der Waals surface area (Å²) in [7, 11) is 0. The van der Waals surface area contributed by atoms with Crippen LogP contribution >= 0.6 is 11.3 Å². The lowest BCUT2D eigenvalue weighted by molar-refractivity contribution is -0.139. The topological polar surface area (TPSA) is 101 Å². The Labute approximate surface area is 166 Å². The number of hydrogen-bond acceptors (Lipinski definition) is 5. The molecule has 0 bridgehead atoms. The summed E-state index contributed by atoms with van der Waals surface area (Å²) >= 11 is 1.47. The zero-order valence-corrected chi connectivity index (χ0v) is 16.7. The number of carbonyl (C=O) groups excluding carboxylic acids is 2. The molecule has 146 valence electrons. The molecule has 0 aliphatic rings. The summed E-state index contributed by atoms with van der Waals surface area (Å²) in [6.07, 6.45) is 1.82. The van der Waals surface area contributed by atoms with Crippen molar-refractivity contribution < 1.29 is 19.5 Å². The minimum absolute atomic E-state index is 0.0877. The summed E-state index contributed by atoms with van der Waals surface area (Å²) < 4.78 is 1.78. The zero-order chi connectivity index (χ0) is 20.5. The number of carboxylic acid groups (broad SMARTS) is 1. The molecule has 8 heteroatoms. The number of thiazole rings is 1. The van der Waals surface area contributed by atoms with Crippen molar-refractivity contribution >= 4 is 39.6 Å². The molecule has 1 amide bonds. The fraction of sp³-hybridized carbons (Fsp3) is 0.300. The number of anilines is 1. The summed E-state index contributed by atoms with van der Waals surface area (Å²) in [5.41, 5.74) is 1.62. The van der Waals surface area contributed by atoms with Crippen LogP contribution < -0.4 is 5.32 Å². The van der Waals surface area contributed by atoms with E-state index in [0.29, 0.717) is 22.6 Å². The van der Waals surface area contributed by atoms with E-state index >= 15 is 0 Å². The number of ketones is 1. The maximum Gasteiger partial charge on any atom is 0.303 e. The van der Waals surface area contributed by atoms with Gasteiger partial charge in [0.1, 0.15) is 5.69 Å². The quantitative estimate of drug-likeness (QED) is 0.589. The summed E-state index contributed by atoms with van der Waals surface area (Å²) in [6, 6.07) is 6.64. The number of rotatable bonds is 7. The highest BCUT2D eigenvalue weighted by atomic mass is 32.1. The minimum Gasteiger partial charge on any atom is -0.481 e. The second kappa shape index (κ2) is 7.55. The molecule has 0 spiro atoms. The number of carboxylic acids is 1. The number of benzene rings is 1. The van der Waals surface area contributed by atoms with Crippen LogP contribution in [0.2, 0.25) is 0 Å². The van der Waals surface area contributed by atoms with Gasteiger partial charge in [-0.2, -0.15) is 0 Å². The average Bonchev–Trinajstić information content (AvgIpc) is 3.12. The molecule has 2 heterocycles. The molecule has 0 saturated carbocycles. The van der Waals surface area contributed by atoms with Crippen molar-refractivity contribution in [3.05, 3.63) is 52.8 Å². The maximum atomic E-state index is 12.9. The van der Waals surface area contributed by atoms with Gasteiger partial charge in [-0.05, 0) is 36.6 Å². The van der Waals surface area contributed by atoms with E-state index in [1.807, 2.05) is 11.6 Å². The number of carbonyl (C=O) groups is 3. The minimum atomic E-state index is -0.935. The van der Waals surface area contributed by atoms with Crippen LogP contribution in [-0.2, 0) is 9.59 Å². The molecular formula is C20H21N3O4S. The van der Waals surface area contributed by atoms with Gasteiger partial charge >= 0.3 is 5.97 Å². The SMILES string of the molecule is Cc1nc2sccn2c1C(=O)c1ccc(NC(=O)CC(C)(C)CC(=O)O)cc1. The van der Waals surface area contributed by atoms with E-state index in [1.54, 1.807) is 49.4 Å². The second-order valence-electron chi connectivity index (χ2n) is 7.47. The van der Waals surface area contributed by atoms with Gasteiger partial charge in [-0.3, -0.25) is 18.8 Å². The molecule has 1 aromatic carbocycles. The lowest BCUT2D eigenvalue weighted by Gasteiger charge is -2.21. The third-order valence-electron chi connectivity index (χ3n) is 4.35. The van der Waals surface area contributed by atoms with Gasteiger partial charge in [0.05, 0.1) is 12.1 Å². The normalized spacial score (nSPS) is 11.5. The first-order valence-electron chi connectivity index (χ1n) is 8.75. The van der Waals surface area contributed by atoms with Crippen molar-refractivity contribution in [2.24, 2.45) is 5.41 Å². The van der Waals surface area contributed by atoms with Crippen molar-refractivity contribution in [2.45, 2.75) is 33.6 Å². The average molecular weight is 399 g/mol. The highest BCUT2D eigenvalue weighted by Gasteiger charge is 2.25. The number of nitrogens with one attached hydrogen (secondary N) is 1. The van der Waals surface area contributed by atoms with Crippen LogP contribution in [0.5, 0.6) is 0 Å². The van der Waals surface area contributed by atoms with Crippen LogP contribution in [0.3, 0.4) is 0 Å². The third kappa shape index (κ3) is 4.28. The standard InChI is InChI=1S/C20H21N3O4S/c1-12-17(23-8-9-28-19(23)21-12)18(27)13-4-6-14(7-5-13)22-15(24)10-20(2,3)11-16(25)26/h4-9H,10-11H2,1-3H3,(H,22,24)(H,25,26). The molecule has 2 aromatic heterocycles. The molecule has 0 unspecified atom stereocenters. The maximum absolute atomic E-state index is 12.9. The molecule has 0 aliphatic carbocycles. The van der Waals surface area contributed by atoms with Crippen LogP contribution in [0, 0.1) is 12.3 Å². The molecule has 3 rings (SSSR count). The molecule has 2 N–H and O–H groups in total. The van der Waals surface area contributed by atoms with E-state index < -0.39 is 11.4 Å². The van der Waals surface area contributed by atoms with Gasteiger partial charge < -0.3 is 10.4 Å².